The lowest BCUT2D eigenvalue weighted by atomic mass is 10.0. The molecule has 1 rings (SSSR count). The maximum Gasteiger partial charge on any atom is 0.331 e. The van der Waals surface area contributed by atoms with E-state index in [4.69, 9.17) is 5.11 Å². The minimum atomic E-state index is -0.856. The number of hydrogen-bond acceptors (Lipinski definition) is 1. The summed E-state index contributed by atoms with van der Waals surface area (Å²) in [6.45, 7) is 5.68. The minimum absolute atomic E-state index is 0.425. The predicted octanol–water partition coefficient (Wildman–Crippen LogP) is 3.51. The molecule has 0 aliphatic carbocycles. The molecule has 0 aliphatic rings. The van der Waals surface area contributed by atoms with Crippen molar-refractivity contribution < 1.29 is 9.90 Å². The number of allylic oxidation sites excluding steroid dienone is 1. The summed E-state index contributed by atoms with van der Waals surface area (Å²) < 4.78 is 0. The Morgan fingerprint density at radius 3 is 2.44 bits per heavy atom. The molecule has 0 atom stereocenters. The van der Waals surface area contributed by atoms with Gasteiger partial charge in [-0.2, -0.15) is 0 Å². The van der Waals surface area contributed by atoms with Crippen LogP contribution in [0.4, 0.5) is 0 Å². The van der Waals surface area contributed by atoms with Crippen molar-refractivity contribution in [1.29, 1.82) is 0 Å². The molecule has 0 aliphatic heterocycles. The maximum atomic E-state index is 11.0. The minimum Gasteiger partial charge on any atom is -0.478 e. The largest absolute Gasteiger partial charge is 0.478 e. The van der Waals surface area contributed by atoms with E-state index < -0.39 is 5.97 Å². The van der Waals surface area contributed by atoms with Crippen LogP contribution in [0.5, 0.6) is 0 Å². The third kappa shape index (κ3) is 4.13. The van der Waals surface area contributed by atoms with Gasteiger partial charge in [-0.3, -0.25) is 0 Å². The van der Waals surface area contributed by atoms with Crippen molar-refractivity contribution in [3.8, 4) is 0 Å². The Morgan fingerprint density at radius 1 is 1.31 bits per heavy atom. The van der Waals surface area contributed by atoms with E-state index >= 15 is 0 Å². The summed E-state index contributed by atoms with van der Waals surface area (Å²) in [7, 11) is 0. The van der Waals surface area contributed by atoms with Crippen LogP contribution in [0.15, 0.2) is 48.1 Å². The Morgan fingerprint density at radius 2 is 1.94 bits per heavy atom. The number of carboxylic acid groups (broad SMARTS) is 1. The first-order valence-electron chi connectivity index (χ1n) is 5.23. The molecular weight excluding hydrogens is 200 g/mol. The fourth-order valence-electron chi connectivity index (χ4n) is 1.34. The van der Waals surface area contributed by atoms with Gasteiger partial charge in [-0.05, 0) is 31.4 Å². The van der Waals surface area contributed by atoms with Gasteiger partial charge in [0.25, 0.3) is 0 Å². The van der Waals surface area contributed by atoms with E-state index in [2.05, 4.69) is 6.58 Å². The van der Waals surface area contributed by atoms with Crippen molar-refractivity contribution in [1.82, 2.24) is 0 Å². The van der Waals surface area contributed by atoms with Gasteiger partial charge in [0.15, 0.2) is 0 Å². The molecule has 0 fully saturated rings. The summed E-state index contributed by atoms with van der Waals surface area (Å²) in [5, 5.41) is 9.05. The normalized spacial score (nSPS) is 11.2. The van der Waals surface area contributed by atoms with Gasteiger partial charge >= 0.3 is 5.97 Å². The van der Waals surface area contributed by atoms with E-state index in [0.29, 0.717) is 18.4 Å². The SMILES string of the molecule is C=C(C)CCC(=Cc1ccccc1)C(=O)O. The van der Waals surface area contributed by atoms with Gasteiger partial charge in [0, 0.05) is 5.57 Å². The van der Waals surface area contributed by atoms with Crippen LogP contribution >= 0.6 is 0 Å². The van der Waals surface area contributed by atoms with E-state index in [0.717, 1.165) is 11.1 Å². The van der Waals surface area contributed by atoms with Crippen LogP contribution in [0.1, 0.15) is 25.3 Å². The molecule has 0 heterocycles. The molecule has 1 aromatic rings. The molecule has 0 radical (unpaired) electrons. The average molecular weight is 216 g/mol. The summed E-state index contributed by atoms with van der Waals surface area (Å²) >= 11 is 0. The third-order valence-electron chi connectivity index (χ3n) is 2.24. The van der Waals surface area contributed by atoms with Crippen molar-refractivity contribution in [2.24, 2.45) is 0 Å². The Bertz CT molecular complexity index is 402. The van der Waals surface area contributed by atoms with Crippen LogP contribution in [-0.4, -0.2) is 11.1 Å². The number of benzene rings is 1. The monoisotopic (exact) mass is 216 g/mol. The third-order valence-corrected chi connectivity index (χ3v) is 2.24. The van der Waals surface area contributed by atoms with Crippen molar-refractivity contribution in [2.45, 2.75) is 19.8 Å². The highest BCUT2D eigenvalue weighted by molar-refractivity contribution is 5.92. The van der Waals surface area contributed by atoms with Crippen molar-refractivity contribution in [3.63, 3.8) is 0 Å². The quantitative estimate of drug-likeness (QED) is 0.604. The summed E-state index contributed by atoms with van der Waals surface area (Å²) in [6, 6.07) is 9.48. The van der Waals surface area contributed by atoms with Gasteiger partial charge < -0.3 is 5.11 Å². The Balaban J connectivity index is 2.81. The summed E-state index contributed by atoms with van der Waals surface area (Å²) in [6.07, 6.45) is 2.95. The molecule has 2 nitrogen and oxygen atoms in total. The van der Waals surface area contributed by atoms with E-state index in [1.165, 1.54) is 0 Å². The highest BCUT2D eigenvalue weighted by atomic mass is 16.4. The average Bonchev–Trinajstić information content (AvgIpc) is 2.25. The summed E-state index contributed by atoms with van der Waals surface area (Å²) in [4.78, 5) is 11.0. The van der Waals surface area contributed by atoms with Crippen molar-refractivity contribution in [3.05, 3.63) is 53.6 Å². The second kappa shape index (κ2) is 5.91. The molecule has 0 saturated heterocycles. The molecule has 0 amide bonds. The van der Waals surface area contributed by atoms with Gasteiger partial charge in [0.05, 0.1) is 0 Å². The number of carboxylic acids is 1. The van der Waals surface area contributed by atoms with Gasteiger partial charge in [-0.1, -0.05) is 35.9 Å². The van der Waals surface area contributed by atoms with Crippen LogP contribution in [0.3, 0.4) is 0 Å². The maximum absolute atomic E-state index is 11.0. The molecule has 0 bridgehead atoms. The van der Waals surface area contributed by atoms with E-state index in [-0.39, 0.29) is 0 Å². The topological polar surface area (TPSA) is 37.3 Å². The second-order valence-corrected chi connectivity index (χ2v) is 3.84. The van der Waals surface area contributed by atoms with Gasteiger partial charge in [0.1, 0.15) is 0 Å². The van der Waals surface area contributed by atoms with E-state index in [1.54, 1.807) is 6.08 Å². The number of rotatable bonds is 5. The predicted molar refractivity (Wildman–Crippen MR) is 66.1 cm³/mol. The lowest BCUT2D eigenvalue weighted by molar-refractivity contribution is -0.132. The zero-order valence-electron chi connectivity index (χ0n) is 9.44. The van der Waals surface area contributed by atoms with Crippen LogP contribution in [0, 0.1) is 0 Å². The standard InChI is InChI=1S/C14H16O2/c1-11(2)8-9-13(14(15)16)10-12-6-4-3-5-7-12/h3-7,10H,1,8-9H2,2H3,(H,15,16). The zero-order valence-corrected chi connectivity index (χ0v) is 9.44. The van der Waals surface area contributed by atoms with Crippen molar-refractivity contribution >= 4 is 12.0 Å². The van der Waals surface area contributed by atoms with Gasteiger partial charge in [0.2, 0.25) is 0 Å². The number of aliphatic carboxylic acids is 1. The highest BCUT2D eigenvalue weighted by Crippen LogP contribution is 2.14. The van der Waals surface area contributed by atoms with Gasteiger partial charge in [-0.15, -0.1) is 6.58 Å². The molecule has 1 aromatic carbocycles. The van der Waals surface area contributed by atoms with Crippen LogP contribution in [0.2, 0.25) is 0 Å². The first-order valence-corrected chi connectivity index (χ1v) is 5.23. The molecular formula is C14H16O2. The Kier molecular flexibility index (Phi) is 4.52. The van der Waals surface area contributed by atoms with Crippen LogP contribution in [0.25, 0.3) is 6.08 Å². The summed E-state index contributed by atoms with van der Waals surface area (Å²) in [5.74, 6) is -0.856. The number of carbonyl (C=O) groups is 1. The molecule has 0 spiro atoms. The highest BCUT2D eigenvalue weighted by Gasteiger charge is 2.06. The lowest BCUT2D eigenvalue weighted by Crippen LogP contribution is -2.00. The molecule has 2 heteroatoms. The fourth-order valence-corrected chi connectivity index (χ4v) is 1.34. The number of hydrogen-bond donors (Lipinski definition) is 1. The second-order valence-electron chi connectivity index (χ2n) is 3.84. The molecule has 1 N–H and O–H groups in total. The van der Waals surface area contributed by atoms with Crippen LogP contribution in [-0.2, 0) is 4.79 Å². The Hall–Kier alpha value is -1.83. The molecule has 0 aromatic heterocycles. The molecule has 16 heavy (non-hydrogen) atoms. The van der Waals surface area contributed by atoms with Gasteiger partial charge in [-0.25, -0.2) is 4.79 Å². The van der Waals surface area contributed by atoms with E-state index in [9.17, 15) is 4.79 Å². The summed E-state index contributed by atoms with van der Waals surface area (Å²) in [5.41, 5.74) is 2.34. The fraction of sp³-hybridized carbons (Fsp3) is 0.214. The molecule has 0 saturated carbocycles. The molecule has 0 unspecified atom stereocenters. The first kappa shape index (κ1) is 12.2. The molecule has 84 valence electrons. The first-order chi connectivity index (χ1) is 7.59. The smallest absolute Gasteiger partial charge is 0.331 e. The van der Waals surface area contributed by atoms with E-state index in [1.807, 2.05) is 37.3 Å². The van der Waals surface area contributed by atoms with Crippen molar-refractivity contribution in [2.75, 3.05) is 0 Å². The zero-order chi connectivity index (χ0) is 12.0. The Labute approximate surface area is 95.9 Å². The lowest BCUT2D eigenvalue weighted by Gasteiger charge is -2.02. The van der Waals surface area contributed by atoms with Crippen LogP contribution < -0.4 is 0 Å².